The molecule has 21 heavy (non-hydrogen) atoms. The van der Waals surface area contributed by atoms with Gasteiger partial charge in [0.25, 0.3) is 5.56 Å². The lowest BCUT2D eigenvalue weighted by Crippen LogP contribution is -2.32. The fourth-order valence-corrected chi connectivity index (χ4v) is 2.51. The minimum absolute atomic E-state index is 0.0647. The molecule has 0 fully saturated rings. The summed E-state index contributed by atoms with van der Waals surface area (Å²) in [4.78, 5) is 11.9. The maximum atomic E-state index is 11.9. The van der Waals surface area contributed by atoms with E-state index in [1.165, 1.54) is 21.4 Å². The van der Waals surface area contributed by atoms with Crippen molar-refractivity contribution < 1.29 is 0 Å². The summed E-state index contributed by atoms with van der Waals surface area (Å²) in [5.41, 5.74) is 3.62. The van der Waals surface area contributed by atoms with Crippen LogP contribution in [0.1, 0.15) is 36.1 Å². The van der Waals surface area contributed by atoms with E-state index in [9.17, 15) is 4.79 Å². The highest BCUT2D eigenvalue weighted by Gasteiger charge is 2.13. The summed E-state index contributed by atoms with van der Waals surface area (Å²) >= 11 is 0. The number of hydrogen-bond donors (Lipinski definition) is 1. The van der Waals surface area contributed by atoms with Crippen LogP contribution in [0.2, 0.25) is 0 Å². The van der Waals surface area contributed by atoms with Crippen molar-refractivity contribution in [1.82, 2.24) is 15.1 Å². The number of aryl methyl sites for hydroxylation is 2. The first-order chi connectivity index (χ1) is 10.1. The predicted octanol–water partition coefficient (Wildman–Crippen LogP) is 2.60. The van der Waals surface area contributed by atoms with Crippen molar-refractivity contribution in [2.75, 3.05) is 6.54 Å². The molecule has 112 valence electrons. The Morgan fingerprint density at radius 1 is 1.24 bits per heavy atom. The first kappa shape index (κ1) is 15.4. The molecule has 0 aliphatic carbocycles. The Balaban J connectivity index is 2.29. The number of nitrogens with one attached hydrogen (secondary N) is 1. The average Bonchev–Trinajstić information content (AvgIpc) is 2.44. The maximum absolute atomic E-state index is 11.9. The maximum Gasteiger partial charge on any atom is 0.266 e. The Morgan fingerprint density at radius 2 is 1.95 bits per heavy atom. The van der Waals surface area contributed by atoms with Gasteiger partial charge in [-0.3, -0.25) is 4.79 Å². The van der Waals surface area contributed by atoms with Crippen LogP contribution >= 0.6 is 0 Å². The van der Waals surface area contributed by atoms with Crippen molar-refractivity contribution in [1.29, 1.82) is 0 Å². The molecule has 1 unspecified atom stereocenters. The Kier molecular flexibility index (Phi) is 5.28. The molecule has 2 aromatic rings. The van der Waals surface area contributed by atoms with E-state index in [2.05, 4.69) is 49.4 Å². The summed E-state index contributed by atoms with van der Waals surface area (Å²) in [5, 5.41) is 7.68. The van der Waals surface area contributed by atoms with E-state index >= 15 is 0 Å². The highest BCUT2D eigenvalue weighted by atomic mass is 16.1. The Hall–Kier alpha value is -1.94. The van der Waals surface area contributed by atoms with Crippen molar-refractivity contribution in [2.24, 2.45) is 0 Å². The van der Waals surface area contributed by atoms with Crippen molar-refractivity contribution in [2.45, 2.75) is 39.8 Å². The molecule has 0 radical (unpaired) electrons. The number of benzene rings is 1. The highest BCUT2D eigenvalue weighted by molar-refractivity contribution is 5.30. The lowest BCUT2D eigenvalue weighted by Gasteiger charge is -2.20. The van der Waals surface area contributed by atoms with Crippen LogP contribution in [0.4, 0.5) is 0 Å². The molecule has 0 saturated carbocycles. The minimum atomic E-state index is -0.0647. The molecule has 4 heteroatoms. The van der Waals surface area contributed by atoms with Gasteiger partial charge < -0.3 is 5.32 Å². The van der Waals surface area contributed by atoms with E-state index in [0.29, 0.717) is 6.54 Å². The van der Waals surface area contributed by atoms with Crippen LogP contribution in [0.3, 0.4) is 0 Å². The van der Waals surface area contributed by atoms with Crippen molar-refractivity contribution >= 4 is 0 Å². The SMILES string of the molecule is CCCNC(Cn1ncccc1=O)c1cc(C)cc(C)c1. The smallest absolute Gasteiger partial charge is 0.266 e. The van der Waals surface area contributed by atoms with Gasteiger partial charge >= 0.3 is 0 Å². The summed E-state index contributed by atoms with van der Waals surface area (Å²) in [5.74, 6) is 0. The van der Waals surface area contributed by atoms with E-state index in [0.717, 1.165) is 13.0 Å². The summed E-state index contributed by atoms with van der Waals surface area (Å²) in [6.45, 7) is 7.79. The minimum Gasteiger partial charge on any atom is -0.308 e. The molecule has 0 aliphatic rings. The van der Waals surface area contributed by atoms with Crippen molar-refractivity contribution in [3.63, 3.8) is 0 Å². The van der Waals surface area contributed by atoms with Crippen molar-refractivity contribution in [3.8, 4) is 0 Å². The van der Waals surface area contributed by atoms with Gasteiger partial charge in [0.15, 0.2) is 0 Å². The van der Waals surface area contributed by atoms with E-state index < -0.39 is 0 Å². The van der Waals surface area contributed by atoms with Crippen LogP contribution in [-0.4, -0.2) is 16.3 Å². The van der Waals surface area contributed by atoms with Gasteiger partial charge in [-0.25, -0.2) is 4.68 Å². The largest absolute Gasteiger partial charge is 0.308 e. The van der Waals surface area contributed by atoms with Crippen LogP contribution in [-0.2, 0) is 6.54 Å². The zero-order valence-electron chi connectivity index (χ0n) is 13.0. The standard InChI is InChI=1S/C17H23N3O/c1-4-7-18-16(12-20-17(21)6-5-8-19-20)15-10-13(2)9-14(3)11-15/h5-6,8-11,16,18H,4,7,12H2,1-3H3. The van der Waals surface area contributed by atoms with Gasteiger partial charge in [0.1, 0.15) is 0 Å². The van der Waals surface area contributed by atoms with Gasteiger partial charge in [-0.15, -0.1) is 0 Å². The number of nitrogens with zero attached hydrogens (tertiary/aromatic N) is 2. The zero-order valence-corrected chi connectivity index (χ0v) is 13.0. The van der Waals surface area contributed by atoms with Crippen molar-refractivity contribution in [3.05, 3.63) is 63.6 Å². The van der Waals surface area contributed by atoms with E-state index in [-0.39, 0.29) is 11.6 Å². The molecule has 1 aromatic carbocycles. The average molecular weight is 285 g/mol. The van der Waals surface area contributed by atoms with Gasteiger partial charge in [0.2, 0.25) is 0 Å². The molecule has 0 amide bonds. The predicted molar refractivity (Wildman–Crippen MR) is 85.4 cm³/mol. The van der Waals surface area contributed by atoms with Crippen LogP contribution in [0.15, 0.2) is 41.3 Å². The Morgan fingerprint density at radius 3 is 2.57 bits per heavy atom. The summed E-state index contributed by atoms with van der Waals surface area (Å²) in [6, 6.07) is 9.82. The normalized spacial score (nSPS) is 12.3. The molecule has 1 atom stereocenters. The van der Waals surface area contributed by atoms with Crippen LogP contribution in [0.25, 0.3) is 0 Å². The number of hydrogen-bond acceptors (Lipinski definition) is 3. The highest BCUT2D eigenvalue weighted by Crippen LogP contribution is 2.18. The molecule has 0 saturated heterocycles. The van der Waals surface area contributed by atoms with E-state index in [4.69, 9.17) is 0 Å². The quantitative estimate of drug-likeness (QED) is 0.887. The summed E-state index contributed by atoms with van der Waals surface area (Å²) in [7, 11) is 0. The molecular formula is C17H23N3O. The van der Waals surface area contributed by atoms with Gasteiger partial charge in [0.05, 0.1) is 12.6 Å². The fourth-order valence-electron chi connectivity index (χ4n) is 2.51. The second kappa shape index (κ2) is 7.18. The van der Waals surface area contributed by atoms with Crippen LogP contribution in [0, 0.1) is 13.8 Å². The van der Waals surface area contributed by atoms with E-state index in [1.807, 2.05) is 0 Å². The third-order valence-corrected chi connectivity index (χ3v) is 3.43. The zero-order chi connectivity index (χ0) is 15.2. The first-order valence-electron chi connectivity index (χ1n) is 7.44. The van der Waals surface area contributed by atoms with Crippen LogP contribution in [0.5, 0.6) is 0 Å². The van der Waals surface area contributed by atoms with Gasteiger partial charge in [-0.1, -0.05) is 36.2 Å². The lowest BCUT2D eigenvalue weighted by molar-refractivity contribution is 0.426. The molecule has 1 heterocycles. The summed E-state index contributed by atoms with van der Waals surface area (Å²) in [6.07, 6.45) is 2.71. The molecule has 0 bridgehead atoms. The fraction of sp³-hybridized carbons (Fsp3) is 0.412. The molecular weight excluding hydrogens is 262 g/mol. The summed E-state index contributed by atoms with van der Waals surface area (Å²) < 4.78 is 1.52. The van der Waals surface area contributed by atoms with Gasteiger partial charge in [-0.2, -0.15) is 5.10 Å². The monoisotopic (exact) mass is 285 g/mol. The van der Waals surface area contributed by atoms with Gasteiger partial charge in [0, 0.05) is 12.3 Å². The molecule has 1 N–H and O–H groups in total. The van der Waals surface area contributed by atoms with E-state index in [1.54, 1.807) is 18.3 Å². The molecule has 0 spiro atoms. The molecule has 2 rings (SSSR count). The topological polar surface area (TPSA) is 46.9 Å². The Labute approximate surface area is 125 Å². The second-order valence-corrected chi connectivity index (χ2v) is 5.47. The molecule has 4 nitrogen and oxygen atoms in total. The second-order valence-electron chi connectivity index (χ2n) is 5.47. The lowest BCUT2D eigenvalue weighted by atomic mass is 10.0. The molecule has 0 aliphatic heterocycles. The Bertz CT molecular complexity index is 628. The third-order valence-electron chi connectivity index (χ3n) is 3.43. The van der Waals surface area contributed by atoms with Gasteiger partial charge in [-0.05, 0) is 38.4 Å². The first-order valence-corrected chi connectivity index (χ1v) is 7.44. The third kappa shape index (κ3) is 4.26. The number of rotatable bonds is 6. The number of aromatic nitrogens is 2. The van der Waals surface area contributed by atoms with Crippen LogP contribution < -0.4 is 10.9 Å². The molecule has 1 aromatic heterocycles.